The van der Waals surface area contributed by atoms with Crippen molar-refractivity contribution in [2.24, 2.45) is 0 Å². The Kier molecular flexibility index (Phi) is 5.36. The van der Waals surface area contributed by atoms with E-state index in [1.807, 2.05) is 12.4 Å². The van der Waals surface area contributed by atoms with Crippen molar-refractivity contribution in [3.05, 3.63) is 54.1 Å². The predicted molar refractivity (Wildman–Crippen MR) is 83.6 cm³/mol. The zero-order chi connectivity index (χ0) is 14.3. The average Bonchev–Trinajstić information content (AvgIpc) is 3.02. The second-order valence-corrected chi connectivity index (χ2v) is 5.22. The van der Waals surface area contributed by atoms with Gasteiger partial charge in [0.1, 0.15) is 5.82 Å². The molecule has 108 valence electrons. The number of imidazole rings is 1. The highest BCUT2D eigenvalue weighted by atomic mass is 15.0. The van der Waals surface area contributed by atoms with Crippen LogP contribution in [0, 0.1) is 0 Å². The molecule has 2 aromatic rings. The molecule has 0 fully saturated rings. The third-order valence-corrected chi connectivity index (χ3v) is 4.14. The Balaban J connectivity index is 1.92. The van der Waals surface area contributed by atoms with Crippen LogP contribution >= 0.6 is 0 Å². The van der Waals surface area contributed by atoms with E-state index in [-0.39, 0.29) is 5.54 Å². The van der Waals surface area contributed by atoms with Gasteiger partial charge in [0.25, 0.3) is 0 Å². The first-order valence-corrected chi connectivity index (χ1v) is 7.59. The van der Waals surface area contributed by atoms with Gasteiger partial charge in [0.15, 0.2) is 0 Å². The summed E-state index contributed by atoms with van der Waals surface area (Å²) >= 11 is 0. The average molecular weight is 271 g/mol. The molecule has 3 heteroatoms. The Hall–Kier alpha value is -1.61. The van der Waals surface area contributed by atoms with Gasteiger partial charge < -0.3 is 10.3 Å². The lowest BCUT2D eigenvalue weighted by Gasteiger charge is -2.34. The topological polar surface area (TPSA) is 40.7 Å². The molecule has 0 aliphatic carbocycles. The van der Waals surface area contributed by atoms with Crippen molar-refractivity contribution in [2.75, 3.05) is 6.54 Å². The van der Waals surface area contributed by atoms with Gasteiger partial charge in [0.2, 0.25) is 0 Å². The van der Waals surface area contributed by atoms with Crippen LogP contribution in [0.4, 0.5) is 0 Å². The van der Waals surface area contributed by atoms with Crippen molar-refractivity contribution < 1.29 is 0 Å². The fraction of sp³-hybridized carbons (Fsp3) is 0.471. The smallest absolute Gasteiger partial charge is 0.106 e. The normalized spacial score (nSPS) is 11.7. The molecule has 1 aromatic carbocycles. The van der Waals surface area contributed by atoms with E-state index in [1.165, 1.54) is 5.56 Å². The molecule has 20 heavy (non-hydrogen) atoms. The summed E-state index contributed by atoms with van der Waals surface area (Å²) in [6.07, 6.45) is 8.01. The molecule has 0 aliphatic heterocycles. The number of benzene rings is 1. The second-order valence-electron chi connectivity index (χ2n) is 5.22. The number of nitrogens with zero attached hydrogens (tertiary/aromatic N) is 1. The van der Waals surface area contributed by atoms with E-state index in [9.17, 15) is 0 Å². The summed E-state index contributed by atoms with van der Waals surface area (Å²) in [4.78, 5) is 7.42. The zero-order valence-electron chi connectivity index (χ0n) is 12.5. The van der Waals surface area contributed by atoms with Crippen molar-refractivity contribution in [3.63, 3.8) is 0 Å². The van der Waals surface area contributed by atoms with Gasteiger partial charge in [-0.15, -0.1) is 0 Å². The summed E-state index contributed by atoms with van der Waals surface area (Å²) in [5, 5.41) is 3.77. The molecule has 0 radical (unpaired) electrons. The van der Waals surface area contributed by atoms with E-state index in [0.29, 0.717) is 0 Å². The molecular formula is C17H25N3. The van der Waals surface area contributed by atoms with E-state index in [1.54, 1.807) is 0 Å². The predicted octanol–water partition coefficient (Wildman–Crippen LogP) is 3.65. The highest BCUT2D eigenvalue weighted by Gasteiger charge is 2.26. The van der Waals surface area contributed by atoms with Crippen LogP contribution in [0.25, 0.3) is 0 Å². The van der Waals surface area contributed by atoms with Crippen LogP contribution < -0.4 is 5.32 Å². The quantitative estimate of drug-likeness (QED) is 0.720. The lowest BCUT2D eigenvalue weighted by atomic mass is 9.84. The maximum Gasteiger partial charge on any atom is 0.106 e. The summed E-state index contributed by atoms with van der Waals surface area (Å²) in [6.45, 7) is 5.53. The van der Waals surface area contributed by atoms with E-state index in [0.717, 1.165) is 38.1 Å². The van der Waals surface area contributed by atoms with Gasteiger partial charge in [-0.3, -0.25) is 0 Å². The van der Waals surface area contributed by atoms with Crippen molar-refractivity contribution in [1.29, 1.82) is 0 Å². The molecule has 2 rings (SSSR count). The van der Waals surface area contributed by atoms with Gasteiger partial charge in [0, 0.05) is 24.4 Å². The number of aromatic amines is 1. The monoisotopic (exact) mass is 271 g/mol. The molecular weight excluding hydrogens is 246 g/mol. The van der Waals surface area contributed by atoms with Crippen molar-refractivity contribution in [3.8, 4) is 0 Å². The minimum Gasteiger partial charge on any atom is -0.349 e. The van der Waals surface area contributed by atoms with E-state index in [2.05, 4.69) is 59.5 Å². The van der Waals surface area contributed by atoms with Gasteiger partial charge in [0.05, 0.1) is 0 Å². The highest BCUT2D eigenvalue weighted by Crippen LogP contribution is 2.28. The lowest BCUT2D eigenvalue weighted by Crippen LogP contribution is -2.42. The van der Waals surface area contributed by atoms with E-state index < -0.39 is 0 Å². The minimum atomic E-state index is 0.102. The van der Waals surface area contributed by atoms with E-state index in [4.69, 9.17) is 0 Å². The molecule has 0 atom stereocenters. The van der Waals surface area contributed by atoms with Crippen LogP contribution in [0.3, 0.4) is 0 Å². The summed E-state index contributed by atoms with van der Waals surface area (Å²) in [6, 6.07) is 10.8. The Morgan fingerprint density at radius 1 is 1.15 bits per heavy atom. The third-order valence-electron chi connectivity index (χ3n) is 4.14. The Bertz CT molecular complexity index is 472. The van der Waals surface area contributed by atoms with Crippen LogP contribution in [0.5, 0.6) is 0 Å². The van der Waals surface area contributed by atoms with Gasteiger partial charge >= 0.3 is 0 Å². The molecule has 0 saturated carbocycles. The number of hydrogen-bond acceptors (Lipinski definition) is 2. The molecule has 0 aliphatic rings. The van der Waals surface area contributed by atoms with Crippen molar-refractivity contribution in [1.82, 2.24) is 15.3 Å². The highest BCUT2D eigenvalue weighted by molar-refractivity contribution is 5.24. The maximum absolute atomic E-state index is 4.27. The number of aryl methyl sites for hydroxylation is 1. The largest absolute Gasteiger partial charge is 0.349 e. The summed E-state index contributed by atoms with van der Waals surface area (Å²) in [5.41, 5.74) is 1.49. The van der Waals surface area contributed by atoms with Gasteiger partial charge in [-0.05, 0) is 31.4 Å². The molecule has 0 unspecified atom stereocenters. The van der Waals surface area contributed by atoms with E-state index >= 15 is 0 Å². The molecule has 0 bridgehead atoms. The Morgan fingerprint density at radius 3 is 2.50 bits per heavy atom. The molecule has 1 aromatic heterocycles. The molecule has 2 N–H and O–H groups in total. The fourth-order valence-electron chi connectivity index (χ4n) is 2.79. The number of nitrogens with one attached hydrogen (secondary N) is 2. The fourth-order valence-corrected chi connectivity index (χ4v) is 2.79. The van der Waals surface area contributed by atoms with Crippen molar-refractivity contribution >= 4 is 0 Å². The standard InChI is InChI=1S/C17H25N3/c1-3-17(4-2,15-9-6-5-7-10-15)20-12-8-11-16-18-13-14-19-16/h5-7,9-10,13-14,20H,3-4,8,11-12H2,1-2H3,(H,18,19). The number of rotatable bonds is 8. The first kappa shape index (κ1) is 14.8. The van der Waals surface area contributed by atoms with Crippen LogP contribution in [0.1, 0.15) is 44.5 Å². The Labute approximate surface area is 121 Å². The van der Waals surface area contributed by atoms with Gasteiger partial charge in [-0.1, -0.05) is 44.2 Å². The molecule has 3 nitrogen and oxygen atoms in total. The molecule has 0 spiro atoms. The number of hydrogen-bond donors (Lipinski definition) is 2. The lowest BCUT2D eigenvalue weighted by molar-refractivity contribution is 0.307. The zero-order valence-corrected chi connectivity index (χ0v) is 12.5. The van der Waals surface area contributed by atoms with Gasteiger partial charge in [-0.2, -0.15) is 0 Å². The number of aromatic nitrogens is 2. The minimum absolute atomic E-state index is 0.102. The van der Waals surface area contributed by atoms with Crippen LogP contribution in [0.2, 0.25) is 0 Å². The van der Waals surface area contributed by atoms with Crippen LogP contribution in [-0.4, -0.2) is 16.5 Å². The summed E-state index contributed by atoms with van der Waals surface area (Å²) in [7, 11) is 0. The molecule has 0 saturated heterocycles. The summed E-state index contributed by atoms with van der Waals surface area (Å²) < 4.78 is 0. The third kappa shape index (κ3) is 3.48. The molecule has 1 heterocycles. The molecule has 0 amide bonds. The Morgan fingerprint density at radius 2 is 1.90 bits per heavy atom. The second kappa shape index (κ2) is 7.25. The first-order valence-electron chi connectivity index (χ1n) is 7.59. The van der Waals surface area contributed by atoms with Crippen molar-refractivity contribution in [2.45, 2.75) is 45.1 Å². The van der Waals surface area contributed by atoms with Crippen LogP contribution in [-0.2, 0) is 12.0 Å². The van der Waals surface area contributed by atoms with Crippen LogP contribution in [0.15, 0.2) is 42.7 Å². The van der Waals surface area contributed by atoms with Gasteiger partial charge in [-0.25, -0.2) is 4.98 Å². The first-order chi connectivity index (χ1) is 9.80. The SMILES string of the molecule is CCC(CC)(NCCCc1ncc[nH]1)c1ccccc1. The number of H-pyrrole nitrogens is 1. The maximum atomic E-state index is 4.27. The summed E-state index contributed by atoms with van der Waals surface area (Å²) in [5.74, 6) is 1.07.